The normalized spacial score (nSPS) is 25.4. The quantitative estimate of drug-likeness (QED) is 0.489. The summed E-state index contributed by atoms with van der Waals surface area (Å²) in [6, 6.07) is 10.7. The van der Waals surface area contributed by atoms with Crippen LogP contribution in [0.4, 0.5) is 0 Å². The third kappa shape index (κ3) is 6.78. The summed E-state index contributed by atoms with van der Waals surface area (Å²) in [5.41, 5.74) is 3.68. The second-order valence-corrected chi connectivity index (χ2v) is 10.9. The lowest BCUT2D eigenvalue weighted by molar-refractivity contribution is -0.732. The van der Waals surface area contributed by atoms with E-state index in [0.29, 0.717) is 34.3 Å². The number of hydrogen-bond acceptors (Lipinski definition) is 5. The number of aromatic hydroxyl groups is 1. The van der Waals surface area contributed by atoms with Crippen molar-refractivity contribution in [1.29, 1.82) is 0 Å². The molecule has 2 aliphatic rings. The highest BCUT2D eigenvalue weighted by atomic mass is 79.9. The number of nitrogens with two attached hydrogens (primary N) is 1. The van der Waals surface area contributed by atoms with Crippen molar-refractivity contribution in [2.24, 2.45) is 0 Å². The summed E-state index contributed by atoms with van der Waals surface area (Å²) in [6.07, 6.45) is 7.28. The molecule has 0 aliphatic carbocycles. The van der Waals surface area contributed by atoms with Crippen LogP contribution < -0.4 is 10.1 Å². The molecule has 0 amide bonds. The van der Waals surface area contributed by atoms with Crippen LogP contribution in [0.25, 0.3) is 11.1 Å². The van der Waals surface area contributed by atoms with E-state index >= 15 is 0 Å². The number of benzene rings is 2. The molecule has 4 unspecified atom stereocenters. The van der Waals surface area contributed by atoms with Gasteiger partial charge in [0.15, 0.2) is 0 Å². The van der Waals surface area contributed by atoms with Crippen LogP contribution in [0.2, 0.25) is 0 Å². The number of rotatable bonds is 2. The Bertz CT molecular complexity index is 1040. The third-order valence-electron chi connectivity index (χ3n) is 7.37. The number of ether oxygens (including phenoxy) is 2. The molecule has 0 spiro atoms. The van der Waals surface area contributed by atoms with Crippen molar-refractivity contribution in [2.75, 3.05) is 7.11 Å². The number of fused-ring (bicyclic) bond motifs is 7. The molecule has 0 aromatic heterocycles. The molecule has 1 saturated heterocycles. The van der Waals surface area contributed by atoms with Crippen molar-refractivity contribution in [3.8, 4) is 22.6 Å². The number of hydrogen-bond donors (Lipinski definition) is 3. The number of methoxy groups -OCH3 is 1. The molecule has 190 valence electrons. The Morgan fingerprint density at radius 3 is 2.46 bits per heavy atom. The Labute approximate surface area is 216 Å². The van der Waals surface area contributed by atoms with Gasteiger partial charge in [0.25, 0.3) is 0 Å². The lowest BCUT2D eigenvalue weighted by atomic mass is 9.90. The van der Waals surface area contributed by atoms with E-state index in [1.54, 1.807) is 7.11 Å². The first kappa shape index (κ1) is 26.0. The molecule has 1 fully saturated rings. The molecule has 4 atom stereocenters. The fourth-order valence-electron chi connectivity index (χ4n) is 5.66. The average Bonchev–Trinajstić information content (AvgIpc) is 2.82. The fourth-order valence-corrected chi connectivity index (χ4v) is 6.17. The Morgan fingerprint density at radius 2 is 1.71 bits per heavy atom. The van der Waals surface area contributed by atoms with Gasteiger partial charge in [0.05, 0.1) is 29.8 Å². The van der Waals surface area contributed by atoms with E-state index in [2.05, 4.69) is 27.3 Å². The van der Waals surface area contributed by atoms with E-state index < -0.39 is 0 Å². The summed E-state index contributed by atoms with van der Waals surface area (Å²) in [7, 11) is 1.63. The first-order chi connectivity index (χ1) is 16.8. The van der Waals surface area contributed by atoms with Crippen LogP contribution in [0, 0.1) is 0 Å². The molecule has 6 bridgehead atoms. The van der Waals surface area contributed by atoms with Crippen molar-refractivity contribution in [3.05, 3.63) is 45.9 Å². The number of quaternary nitrogens is 1. The lowest BCUT2D eigenvalue weighted by Crippen LogP contribution is -2.96. The standard InChI is InChI=1S/C28H36BrNO5/c1-17(31)35-23-10-7-18-8-11-27(34-2)24(12-18)25-13-19(14-26(29)28(25)33)6-9-22(32)15-20-4-3-5-21(16-23)30-20/h8,11-14,20-23,30,32-33H,3-7,9-10,15-16H2,1-2H3/p+1. The maximum Gasteiger partial charge on any atom is 0.302 e. The van der Waals surface area contributed by atoms with Gasteiger partial charge < -0.3 is 25.0 Å². The maximum absolute atomic E-state index is 11.8. The summed E-state index contributed by atoms with van der Waals surface area (Å²) in [4.78, 5) is 11.8. The minimum Gasteiger partial charge on any atom is -0.506 e. The zero-order valence-corrected chi connectivity index (χ0v) is 22.2. The van der Waals surface area contributed by atoms with Gasteiger partial charge in [0, 0.05) is 30.9 Å². The van der Waals surface area contributed by atoms with Crippen molar-refractivity contribution in [1.82, 2.24) is 0 Å². The van der Waals surface area contributed by atoms with Crippen LogP contribution in [0.3, 0.4) is 0 Å². The van der Waals surface area contributed by atoms with Crippen LogP contribution >= 0.6 is 15.9 Å². The molecule has 2 aromatic rings. The average molecular weight is 548 g/mol. The molecule has 0 saturated carbocycles. The number of carbonyl (C=O) groups is 1. The summed E-state index contributed by atoms with van der Waals surface area (Å²) >= 11 is 3.52. The number of phenolic OH excluding ortho intramolecular Hbond substituents is 1. The van der Waals surface area contributed by atoms with Gasteiger partial charge in [0.1, 0.15) is 17.6 Å². The van der Waals surface area contributed by atoms with Crippen molar-refractivity contribution in [3.63, 3.8) is 0 Å². The zero-order valence-electron chi connectivity index (χ0n) is 20.6. The second-order valence-electron chi connectivity index (χ2n) is 10.1. The van der Waals surface area contributed by atoms with E-state index in [9.17, 15) is 15.0 Å². The SMILES string of the molecule is COc1ccc2cc1-c1cc(cc(Br)c1O)CCC(O)CC1CCCC(CC(OC(C)=O)CC2)[NH2+]1. The van der Waals surface area contributed by atoms with E-state index in [1.165, 1.54) is 6.92 Å². The van der Waals surface area contributed by atoms with Gasteiger partial charge in [-0.05, 0) is 96.3 Å². The zero-order chi connectivity index (χ0) is 24.9. The van der Waals surface area contributed by atoms with Gasteiger partial charge in [-0.3, -0.25) is 4.79 Å². The van der Waals surface area contributed by atoms with Crippen LogP contribution in [0.15, 0.2) is 34.8 Å². The van der Waals surface area contributed by atoms with E-state index in [4.69, 9.17) is 9.47 Å². The highest BCUT2D eigenvalue weighted by Gasteiger charge is 2.30. The Hall–Kier alpha value is -2.09. The van der Waals surface area contributed by atoms with E-state index in [1.807, 2.05) is 24.3 Å². The number of halogens is 1. The van der Waals surface area contributed by atoms with Crippen LogP contribution in [-0.4, -0.2) is 47.6 Å². The monoisotopic (exact) mass is 546 g/mol. The largest absolute Gasteiger partial charge is 0.506 e. The van der Waals surface area contributed by atoms with Crippen molar-refractivity contribution >= 4 is 21.9 Å². The molecule has 7 heteroatoms. The number of aliphatic hydroxyl groups is 1. The highest BCUT2D eigenvalue weighted by molar-refractivity contribution is 9.10. The molecule has 35 heavy (non-hydrogen) atoms. The Morgan fingerprint density at radius 1 is 1.00 bits per heavy atom. The summed E-state index contributed by atoms with van der Waals surface area (Å²) in [5, 5.41) is 24.1. The number of aliphatic hydroxyl groups excluding tert-OH is 1. The molecular weight excluding hydrogens is 510 g/mol. The summed E-state index contributed by atoms with van der Waals surface area (Å²) in [6.45, 7) is 1.48. The topological polar surface area (TPSA) is 92.6 Å². The van der Waals surface area contributed by atoms with Gasteiger partial charge in [-0.1, -0.05) is 6.07 Å². The van der Waals surface area contributed by atoms with Crippen molar-refractivity contribution < 1.29 is 29.8 Å². The maximum atomic E-state index is 11.8. The second kappa shape index (κ2) is 11.8. The van der Waals surface area contributed by atoms with Crippen LogP contribution in [-0.2, 0) is 22.4 Å². The first-order valence-corrected chi connectivity index (χ1v) is 13.5. The fraction of sp³-hybridized carbons (Fsp3) is 0.536. The molecule has 2 aliphatic heterocycles. The summed E-state index contributed by atoms with van der Waals surface area (Å²) in [5.74, 6) is 0.612. The molecule has 4 N–H and O–H groups in total. The van der Waals surface area contributed by atoms with Gasteiger partial charge >= 0.3 is 5.97 Å². The minimum absolute atomic E-state index is 0.149. The van der Waals surface area contributed by atoms with Gasteiger partial charge in [-0.25, -0.2) is 0 Å². The predicted molar refractivity (Wildman–Crippen MR) is 139 cm³/mol. The molecule has 4 rings (SSSR count). The minimum atomic E-state index is -0.385. The number of esters is 1. The molecule has 0 radical (unpaired) electrons. The summed E-state index contributed by atoms with van der Waals surface area (Å²) < 4.78 is 12.0. The Balaban J connectivity index is 1.71. The third-order valence-corrected chi connectivity index (χ3v) is 7.97. The highest BCUT2D eigenvalue weighted by Crippen LogP contribution is 2.41. The molecule has 2 heterocycles. The molecule has 2 aromatic carbocycles. The number of carbonyl (C=O) groups excluding carboxylic acids is 1. The predicted octanol–water partition coefficient (Wildman–Crippen LogP) is 4.27. The van der Waals surface area contributed by atoms with Gasteiger partial charge in [-0.15, -0.1) is 0 Å². The number of phenols is 1. The van der Waals surface area contributed by atoms with Gasteiger partial charge in [0.2, 0.25) is 0 Å². The van der Waals surface area contributed by atoms with E-state index in [-0.39, 0.29) is 23.9 Å². The van der Waals surface area contributed by atoms with Crippen molar-refractivity contribution in [2.45, 2.75) is 89.0 Å². The van der Waals surface area contributed by atoms with Gasteiger partial charge in [-0.2, -0.15) is 0 Å². The lowest BCUT2D eigenvalue weighted by Gasteiger charge is -2.31. The first-order valence-electron chi connectivity index (χ1n) is 12.7. The smallest absolute Gasteiger partial charge is 0.302 e. The van der Waals surface area contributed by atoms with Crippen LogP contribution in [0.5, 0.6) is 11.5 Å². The van der Waals surface area contributed by atoms with Crippen LogP contribution in [0.1, 0.15) is 63.0 Å². The van der Waals surface area contributed by atoms with E-state index in [0.717, 1.165) is 68.1 Å². The number of piperidine rings is 1. The Kier molecular flexibility index (Phi) is 8.73. The molecule has 6 nitrogen and oxygen atoms in total. The molecular formula is C28H37BrNO5+. The number of aryl methyl sites for hydroxylation is 2.